The van der Waals surface area contributed by atoms with Gasteiger partial charge in [0.1, 0.15) is 0 Å². The first-order chi connectivity index (χ1) is 18.5. The summed E-state index contributed by atoms with van der Waals surface area (Å²) in [4.78, 5) is 28.3. The molecule has 1 N–H and O–H groups in total. The van der Waals surface area contributed by atoms with Crippen LogP contribution in [0.4, 0.5) is 5.69 Å². The second-order valence-corrected chi connectivity index (χ2v) is 10.8. The number of aromatic nitrogens is 2. The SMILES string of the molecule is CSc1ccc(-c2nn(CCCN3CCC(c4cccc(NC(C)=O)c4)CC3)c(=O)c3ccccc23)cc1. The van der Waals surface area contributed by atoms with Gasteiger partial charge in [0.15, 0.2) is 0 Å². The van der Waals surface area contributed by atoms with Crippen LogP contribution in [-0.2, 0) is 11.3 Å². The number of hydrogen-bond donors (Lipinski definition) is 1. The first kappa shape index (κ1) is 26.2. The van der Waals surface area contributed by atoms with Gasteiger partial charge in [0.2, 0.25) is 5.91 Å². The molecule has 1 amide bonds. The van der Waals surface area contributed by atoms with Gasteiger partial charge in [-0.25, -0.2) is 4.68 Å². The number of piperidine rings is 1. The van der Waals surface area contributed by atoms with Gasteiger partial charge in [0.05, 0.1) is 11.1 Å². The number of nitrogens with zero attached hydrogens (tertiary/aromatic N) is 3. The molecule has 7 heteroatoms. The summed E-state index contributed by atoms with van der Waals surface area (Å²) in [6.07, 6.45) is 5.12. The predicted octanol–water partition coefficient (Wildman–Crippen LogP) is 6.01. The van der Waals surface area contributed by atoms with E-state index in [0.29, 0.717) is 17.8 Å². The van der Waals surface area contributed by atoms with Gasteiger partial charge in [0.25, 0.3) is 5.56 Å². The number of aryl methyl sites for hydroxylation is 1. The lowest BCUT2D eigenvalue weighted by Crippen LogP contribution is -2.34. The second-order valence-electron chi connectivity index (χ2n) is 9.93. The third kappa shape index (κ3) is 6.00. The number of anilines is 1. The highest BCUT2D eigenvalue weighted by Crippen LogP contribution is 2.30. The highest BCUT2D eigenvalue weighted by atomic mass is 32.2. The summed E-state index contributed by atoms with van der Waals surface area (Å²) in [6, 6.07) is 24.4. The Bertz CT molecular complexity index is 1470. The molecular formula is C31H34N4O2S. The number of rotatable bonds is 8. The van der Waals surface area contributed by atoms with Gasteiger partial charge >= 0.3 is 0 Å². The van der Waals surface area contributed by atoms with Gasteiger partial charge in [-0.2, -0.15) is 5.10 Å². The average Bonchev–Trinajstić information content (AvgIpc) is 2.94. The fourth-order valence-electron chi connectivity index (χ4n) is 5.36. The van der Waals surface area contributed by atoms with Crippen LogP contribution in [0.15, 0.2) is 82.5 Å². The Balaban J connectivity index is 1.23. The third-order valence-electron chi connectivity index (χ3n) is 7.34. The van der Waals surface area contributed by atoms with E-state index in [2.05, 4.69) is 52.9 Å². The average molecular weight is 527 g/mol. The van der Waals surface area contributed by atoms with Crippen molar-refractivity contribution in [2.24, 2.45) is 0 Å². The van der Waals surface area contributed by atoms with Crippen LogP contribution in [0.2, 0.25) is 0 Å². The van der Waals surface area contributed by atoms with Crippen molar-refractivity contribution in [3.05, 3.63) is 88.7 Å². The lowest BCUT2D eigenvalue weighted by atomic mass is 9.89. The zero-order valence-electron chi connectivity index (χ0n) is 22.0. The molecule has 0 unspecified atom stereocenters. The van der Waals surface area contributed by atoms with Crippen LogP contribution in [0.1, 0.15) is 37.7 Å². The van der Waals surface area contributed by atoms with Crippen molar-refractivity contribution in [1.29, 1.82) is 0 Å². The normalized spacial score (nSPS) is 14.6. The molecule has 0 spiro atoms. The molecule has 1 aliphatic rings. The first-order valence-corrected chi connectivity index (χ1v) is 14.5. The van der Waals surface area contributed by atoms with Gasteiger partial charge in [-0.05, 0) is 87.0 Å². The minimum absolute atomic E-state index is 0.0251. The molecule has 0 radical (unpaired) electrons. The maximum atomic E-state index is 13.2. The maximum absolute atomic E-state index is 13.2. The van der Waals surface area contributed by atoms with E-state index in [4.69, 9.17) is 5.10 Å². The molecular weight excluding hydrogens is 492 g/mol. The Hall–Kier alpha value is -3.42. The fraction of sp³-hybridized carbons (Fsp3) is 0.323. The van der Waals surface area contributed by atoms with Crippen molar-refractivity contribution in [1.82, 2.24) is 14.7 Å². The number of amides is 1. The molecule has 2 heterocycles. The monoisotopic (exact) mass is 526 g/mol. The molecule has 0 aliphatic carbocycles. The summed E-state index contributed by atoms with van der Waals surface area (Å²) in [5.41, 5.74) is 4.02. The van der Waals surface area contributed by atoms with E-state index < -0.39 is 0 Å². The number of nitrogens with one attached hydrogen (secondary N) is 1. The lowest BCUT2D eigenvalue weighted by Gasteiger charge is -2.32. The summed E-state index contributed by atoms with van der Waals surface area (Å²) in [7, 11) is 0. The van der Waals surface area contributed by atoms with E-state index in [-0.39, 0.29) is 11.5 Å². The van der Waals surface area contributed by atoms with Crippen molar-refractivity contribution in [2.75, 3.05) is 31.2 Å². The van der Waals surface area contributed by atoms with Crippen molar-refractivity contribution in [3.8, 4) is 11.3 Å². The summed E-state index contributed by atoms with van der Waals surface area (Å²) in [5, 5.41) is 9.34. The Labute approximate surface area is 228 Å². The van der Waals surface area contributed by atoms with Crippen molar-refractivity contribution in [2.45, 2.75) is 43.5 Å². The standard InChI is InChI=1S/C31H34N4O2S/c1-22(36)32-26-8-5-7-25(21-26)23-15-19-34(20-16-23)17-6-18-35-31(37)29-10-4-3-9-28(29)30(33-35)24-11-13-27(38-2)14-12-24/h3-5,7-14,21,23H,6,15-20H2,1-2H3,(H,32,36). The lowest BCUT2D eigenvalue weighted by molar-refractivity contribution is -0.114. The fourth-order valence-corrected chi connectivity index (χ4v) is 5.76. The van der Waals surface area contributed by atoms with Crippen LogP contribution >= 0.6 is 11.8 Å². The van der Waals surface area contributed by atoms with Crippen LogP contribution in [0.5, 0.6) is 0 Å². The van der Waals surface area contributed by atoms with E-state index in [1.807, 2.05) is 36.4 Å². The van der Waals surface area contributed by atoms with Gasteiger partial charge < -0.3 is 10.2 Å². The summed E-state index contributed by atoms with van der Waals surface area (Å²) in [6.45, 7) is 5.14. The van der Waals surface area contributed by atoms with Crippen molar-refractivity contribution in [3.63, 3.8) is 0 Å². The molecule has 6 nitrogen and oxygen atoms in total. The third-order valence-corrected chi connectivity index (χ3v) is 8.08. The number of benzene rings is 3. The van der Waals surface area contributed by atoms with Gasteiger partial charge in [-0.15, -0.1) is 11.8 Å². The Morgan fingerprint density at radius 3 is 2.42 bits per heavy atom. The molecule has 3 aromatic carbocycles. The first-order valence-electron chi connectivity index (χ1n) is 13.3. The van der Waals surface area contributed by atoms with Crippen LogP contribution in [0.3, 0.4) is 0 Å². The van der Waals surface area contributed by atoms with Crippen molar-refractivity contribution >= 4 is 34.1 Å². The van der Waals surface area contributed by atoms with E-state index in [1.54, 1.807) is 16.4 Å². The molecule has 1 saturated heterocycles. The Kier molecular flexibility index (Phi) is 8.25. The number of thioether (sulfide) groups is 1. The van der Waals surface area contributed by atoms with Crippen LogP contribution in [0, 0.1) is 0 Å². The number of fused-ring (bicyclic) bond motifs is 1. The highest BCUT2D eigenvalue weighted by Gasteiger charge is 2.21. The van der Waals surface area contributed by atoms with Crippen molar-refractivity contribution < 1.29 is 4.79 Å². The molecule has 0 atom stereocenters. The molecule has 196 valence electrons. The quantitative estimate of drug-likeness (QED) is 0.285. The number of hydrogen-bond acceptors (Lipinski definition) is 5. The van der Waals surface area contributed by atoms with Crippen LogP contribution < -0.4 is 10.9 Å². The topological polar surface area (TPSA) is 67.2 Å². The van der Waals surface area contributed by atoms with Crippen LogP contribution in [-0.4, -0.2) is 46.5 Å². The van der Waals surface area contributed by atoms with Gasteiger partial charge in [-0.1, -0.05) is 42.5 Å². The van der Waals surface area contributed by atoms with E-state index in [9.17, 15) is 9.59 Å². The minimum atomic E-state index is -0.0439. The van der Waals surface area contributed by atoms with Gasteiger partial charge in [0, 0.05) is 35.0 Å². The van der Waals surface area contributed by atoms with Gasteiger partial charge in [-0.3, -0.25) is 9.59 Å². The number of carbonyl (C=O) groups is 1. The molecule has 1 aliphatic heterocycles. The molecule has 5 rings (SSSR count). The largest absolute Gasteiger partial charge is 0.326 e. The molecule has 1 aromatic heterocycles. The summed E-state index contributed by atoms with van der Waals surface area (Å²) in [5.74, 6) is 0.461. The molecule has 38 heavy (non-hydrogen) atoms. The predicted molar refractivity (Wildman–Crippen MR) is 157 cm³/mol. The zero-order valence-corrected chi connectivity index (χ0v) is 22.8. The minimum Gasteiger partial charge on any atom is -0.326 e. The van der Waals surface area contributed by atoms with E-state index >= 15 is 0 Å². The molecule has 0 saturated carbocycles. The molecule has 1 fully saturated rings. The zero-order chi connectivity index (χ0) is 26.5. The number of carbonyl (C=O) groups excluding carboxylic acids is 1. The van der Waals surface area contributed by atoms with E-state index in [1.165, 1.54) is 17.4 Å². The molecule has 4 aromatic rings. The van der Waals surface area contributed by atoms with E-state index in [0.717, 1.165) is 61.2 Å². The summed E-state index contributed by atoms with van der Waals surface area (Å²) >= 11 is 1.71. The molecule has 0 bridgehead atoms. The highest BCUT2D eigenvalue weighted by molar-refractivity contribution is 7.98. The second kappa shape index (κ2) is 12.0. The Morgan fingerprint density at radius 2 is 1.71 bits per heavy atom. The summed E-state index contributed by atoms with van der Waals surface area (Å²) < 4.78 is 1.65. The van der Waals surface area contributed by atoms with Crippen LogP contribution in [0.25, 0.3) is 22.0 Å². The number of likely N-dealkylation sites (tertiary alicyclic amines) is 1. The Morgan fingerprint density at radius 1 is 0.974 bits per heavy atom. The smallest absolute Gasteiger partial charge is 0.274 e. The maximum Gasteiger partial charge on any atom is 0.274 e.